The molecule has 0 aromatic rings. The Kier molecular flexibility index (Phi) is 6.00. The van der Waals surface area contributed by atoms with E-state index >= 15 is 0 Å². The molecule has 178 valence electrons. The lowest BCUT2D eigenvalue weighted by molar-refractivity contribution is -0.138. The van der Waals surface area contributed by atoms with E-state index in [1.807, 2.05) is 0 Å². The fourth-order valence-corrected chi connectivity index (χ4v) is 8.70. The lowest BCUT2D eigenvalue weighted by Crippen LogP contribution is -2.53. The van der Waals surface area contributed by atoms with Crippen molar-refractivity contribution in [2.45, 2.75) is 113 Å². The van der Waals surface area contributed by atoms with Crippen LogP contribution in [0.15, 0.2) is 34.9 Å². The predicted molar refractivity (Wildman–Crippen MR) is 136 cm³/mol. The van der Waals surface area contributed by atoms with Crippen molar-refractivity contribution in [2.24, 2.45) is 39.4 Å². The zero-order valence-corrected chi connectivity index (χ0v) is 22.2. The second kappa shape index (κ2) is 7.99. The highest BCUT2D eigenvalue weighted by Crippen LogP contribution is 2.71. The highest BCUT2D eigenvalue weighted by molar-refractivity contribution is 5.86. The molecule has 0 N–H and O–H groups in total. The Hall–Kier alpha value is -1.11. The molecule has 32 heavy (non-hydrogen) atoms. The van der Waals surface area contributed by atoms with Gasteiger partial charge in [0.25, 0.3) is 0 Å². The average Bonchev–Trinajstić information content (AvgIpc) is 3.02. The Morgan fingerprint density at radius 3 is 2.53 bits per heavy atom. The van der Waals surface area contributed by atoms with Gasteiger partial charge >= 0.3 is 0 Å². The van der Waals surface area contributed by atoms with E-state index in [2.05, 4.69) is 73.6 Å². The van der Waals surface area contributed by atoms with Crippen LogP contribution in [0.4, 0.5) is 0 Å². The van der Waals surface area contributed by atoms with Gasteiger partial charge in [-0.2, -0.15) is 0 Å². The third kappa shape index (κ3) is 3.27. The fraction of sp³-hybridized carbons (Fsp3) is 0.774. The van der Waals surface area contributed by atoms with Crippen LogP contribution >= 0.6 is 0 Å². The van der Waals surface area contributed by atoms with Gasteiger partial charge in [0.1, 0.15) is 5.78 Å². The quantitative estimate of drug-likeness (QED) is 0.393. The summed E-state index contributed by atoms with van der Waals surface area (Å²) < 4.78 is 0. The van der Waals surface area contributed by atoms with Crippen molar-refractivity contribution in [3.8, 4) is 0 Å². The monoisotopic (exact) mass is 436 g/mol. The Balaban J connectivity index is 1.63. The summed E-state index contributed by atoms with van der Waals surface area (Å²) in [5, 5.41) is 0. The predicted octanol–water partition coefficient (Wildman–Crippen LogP) is 8.85. The SMILES string of the molecule is CC/C(C)=C/CC[C@@H](C)[C@H]1CC[C@@]2(C)C3=CC[C@H]4C(C)(C)C(=O)CC[C@]4(C)C3=CC[C@]12C. The fourth-order valence-electron chi connectivity index (χ4n) is 8.70. The summed E-state index contributed by atoms with van der Waals surface area (Å²) in [6.45, 7) is 19.2. The van der Waals surface area contributed by atoms with Crippen LogP contribution < -0.4 is 0 Å². The van der Waals surface area contributed by atoms with Gasteiger partial charge in [0.05, 0.1) is 0 Å². The molecule has 0 amide bonds. The number of ketones is 1. The van der Waals surface area contributed by atoms with Crippen molar-refractivity contribution in [1.82, 2.24) is 0 Å². The average molecular weight is 437 g/mol. The molecule has 6 atom stereocenters. The van der Waals surface area contributed by atoms with E-state index in [9.17, 15) is 4.79 Å². The van der Waals surface area contributed by atoms with Crippen LogP contribution in [0, 0.1) is 39.4 Å². The van der Waals surface area contributed by atoms with Crippen LogP contribution in [0.3, 0.4) is 0 Å². The molecule has 4 rings (SSSR count). The summed E-state index contributed by atoms with van der Waals surface area (Å²) in [7, 11) is 0. The standard InChI is InChI=1S/C31H48O/c1-9-21(2)11-10-12-22(3)23-15-19-31(8)25-13-14-26-28(4,5)27(32)17-18-29(26,6)24(25)16-20-30(23,31)7/h11,13,16,22-23,26H,9-10,12,14-15,17-20H2,1-8H3/b21-11+/t22-,23-,26+,29-,30-,31+/m1/s1. The molecule has 0 spiro atoms. The minimum Gasteiger partial charge on any atom is -0.299 e. The zero-order valence-electron chi connectivity index (χ0n) is 22.2. The van der Waals surface area contributed by atoms with Crippen molar-refractivity contribution in [3.05, 3.63) is 34.9 Å². The lowest BCUT2D eigenvalue weighted by atomic mass is 9.44. The maximum atomic E-state index is 12.8. The van der Waals surface area contributed by atoms with Crippen LogP contribution in [0.2, 0.25) is 0 Å². The molecule has 0 heterocycles. The van der Waals surface area contributed by atoms with Crippen LogP contribution in [-0.4, -0.2) is 5.78 Å². The molecule has 0 saturated heterocycles. The summed E-state index contributed by atoms with van der Waals surface area (Å²) in [5.41, 5.74) is 5.44. The number of Topliss-reactive ketones (excluding diaryl/α,β-unsaturated/α-hetero) is 1. The Morgan fingerprint density at radius 2 is 1.84 bits per heavy atom. The number of hydrogen-bond donors (Lipinski definition) is 0. The first-order valence-corrected chi connectivity index (χ1v) is 13.5. The number of carbonyl (C=O) groups excluding carboxylic acids is 1. The van der Waals surface area contributed by atoms with Gasteiger partial charge in [-0.25, -0.2) is 0 Å². The number of allylic oxidation sites excluding steroid dienone is 6. The minimum absolute atomic E-state index is 0.165. The Labute approximate surface area is 198 Å². The van der Waals surface area contributed by atoms with E-state index in [-0.39, 0.29) is 16.2 Å². The molecule has 2 fully saturated rings. The lowest BCUT2D eigenvalue weighted by Gasteiger charge is -2.59. The first kappa shape index (κ1) is 24.0. The number of rotatable bonds is 5. The number of fused-ring (bicyclic) bond motifs is 5. The molecule has 2 saturated carbocycles. The minimum atomic E-state index is -0.200. The zero-order chi connectivity index (χ0) is 23.5. The van der Waals surface area contributed by atoms with Crippen molar-refractivity contribution in [1.29, 1.82) is 0 Å². The van der Waals surface area contributed by atoms with Gasteiger partial charge in [-0.15, -0.1) is 0 Å². The van der Waals surface area contributed by atoms with Gasteiger partial charge in [0, 0.05) is 11.8 Å². The third-order valence-electron chi connectivity index (χ3n) is 11.4. The van der Waals surface area contributed by atoms with E-state index in [4.69, 9.17) is 0 Å². The molecular formula is C31H48O. The van der Waals surface area contributed by atoms with Crippen LogP contribution in [0.5, 0.6) is 0 Å². The molecule has 0 unspecified atom stereocenters. The maximum Gasteiger partial charge on any atom is 0.138 e. The van der Waals surface area contributed by atoms with Gasteiger partial charge < -0.3 is 0 Å². The van der Waals surface area contributed by atoms with E-state index < -0.39 is 0 Å². The van der Waals surface area contributed by atoms with E-state index in [1.54, 1.807) is 11.1 Å². The van der Waals surface area contributed by atoms with E-state index in [0.29, 0.717) is 17.1 Å². The van der Waals surface area contributed by atoms with Crippen molar-refractivity contribution in [3.63, 3.8) is 0 Å². The van der Waals surface area contributed by atoms with Crippen LogP contribution in [0.1, 0.15) is 113 Å². The van der Waals surface area contributed by atoms with Crippen molar-refractivity contribution >= 4 is 5.78 Å². The van der Waals surface area contributed by atoms with Crippen LogP contribution in [-0.2, 0) is 4.79 Å². The van der Waals surface area contributed by atoms with Gasteiger partial charge in [0.2, 0.25) is 0 Å². The summed E-state index contributed by atoms with van der Waals surface area (Å²) in [6.07, 6.45) is 18.2. The van der Waals surface area contributed by atoms with E-state index in [0.717, 1.165) is 31.1 Å². The van der Waals surface area contributed by atoms with Crippen LogP contribution in [0.25, 0.3) is 0 Å². The molecule has 0 aromatic heterocycles. The Morgan fingerprint density at radius 1 is 1.12 bits per heavy atom. The third-order valence-corrected chi connectivity index (χ3v) is 11.4. The molecule has 0 bridgehead atoms. The van der Waals surface area contributed by atoms with Gasteiger partial charge in [-0.3, -0.25) is 4.79 Å². The molecule has 4 aliphatic rings. The first-order valence-electron chi connectivity index (χ1n) is 13.5. The summed E-state index contributed by atoms with van der Waals surface area (Å²) in [4.78, 5) is 12.8. The summed E-state index contributed by atoms with van der Waals surface area (Å²) in [6, 6.07) is 0. The number of hydrogen-bond acceptors (Lipinski definition) is 1. The first-order chi connectivity index (χ1) is 14.9. The Bertz CT molecular complexity index is 869. The molecule has 0 aliphatic heterocycles. The van der Waals surface area contributed by atoms with Crippen molar-refractivity contribution in [2.75, 3.05) is 0 Å². The highest BCUT2D eigenvalue weighted by atomic mass is 16.1. The molecular weight excluding hydrogens is 388 g/mol. The molecule has 1 nitrogen and oxygen atoms in total. The summed E-state index contributed by atoms with van der Waals surface area (Å²) in [5.74, 6) is 2.50. The second-order valence-corrected chi connectivity index (χ2v) is 13.1. The topological polar surface area (TPSA) is 17.1 Å². The molecule has 0 aromatic carbocycles. The highest BCUT2D eigenvalue weighted by Gasteiger charge is 2.63. The van der Waals surface area contributed by atoms with Crippen molar-refractivity contribution < 1.29 is 4.79 Å². The largest absolute Gasteiger partial charge is 0.299 e. The maximum absolute atomic E-state index is 12.8. The normalized spacial score (nSPS) is 41.9. The molecule has 1 heteroatoms. The molecule has 0 radical (unpaired) electrons. The van der Waals surface area contributed by atoms with Gasteiger partial charge in [-0.1, -0.05) is 72.3 Å². The molecule has 4 aliphatic carbocycles. The van der Waals surface area contributed by atoms with Gasteiger partial charge in [-0.05, 0) is 103 Å². The smallest absolute Gasteiger partial charge is 0.138 e. The number of carbonyl (C=O) groups is 1. The second-order valence-electron chi connectivity index (χ2n) is 13.1. The summed E-state index contributed by atoms with van der Waals surface area (Å²) >= 11 is 0. The van der Waals surface area contributed by atoms with Gasteiger partial charge in [0.15, 0.2) is 0 Å². The van der Waals surface area contributed by atoms with E-state index in [1.165, 1.54) is 44.1 Å².